The second kappa shape index (κ2) is 7.23. The van der Waals surface area contributed by atoms with E-state index in [1.165, 1.54) is 0 Å². The lowest BCUT2D eigenvalue weighted by Crippen LogP contribution is -2.35. The summed E-state index contributed by atoms with van der Waals surface area (Å²) in [6.45, 7) is 5.84. The standard InChI is InChI=1S/C20H20N2O2S/c1-4-25-18-8-6-5-7-16(18)20(24)21-14-9-10-15-12(2)13(3)19(23)22-17(15)11-14/h5-11,15H,4H2,1-3H3,(H,22,23). The maximum Gasteiger partial charge on any atom is 0.278 e. The third-order valence-electron chi connectivity index (χ3n) is 4.40. The van der Waals surface area contributed by atoms with E-state index in [1.807, 2.05) is 44.2 Å². The monoisotopic (exact) mass is 352 g/mol. The van der Waals surface area contributed by atoms with E-state index >= 15 is 0 Å². The molecule has 1 atom stereocenters. The van der Waals surface area contributed by atoms with E-state index in [-0.39, 0.29) is 17.7 Å². The average Bonchev–Trinajstić information content (AvgIpc) is 2.60. The zero-order valence-corrected chi connectivity index (χ0v) is 15.3. The topological polar surface area (TPSA) is 58.5 Å². The fourth-order valence-corrected chi connectivity index (χ4v) is 3.69. The third-order valence-corrected chi connectivity index (χ3v) is 5.36. The number of rotatable bonds is 3. The van der Waals surface area contributed by atoms with Crippen LogP contribution in [-0.2, 0) is 4.79 Å². The minimum absolute atomic E-state index is 0.0506. The van der Waals surface area contributed by atoms with E-state index in [1.54, 1.807) is 23.9 Å². The van der Waals surface area contributed by atoms with Gasteiger partial charge in [-0.25, -0.2) is 4.99 Å². The Labute approximate surface area is 151 Å². The van der Waals surface area contributed by atoms with Gasteiger partial charge in [-0.2, -0.15) is 0 Å². The molecule has 0 fully saturated rings. The molecule has 1 aromatic carbocycles. The number of hydrogen-bond acceptors (Lipinski definition) is 3. The van der Waals surface area contributed by atoms with Crippen LogP contribution < -0.4 is 5.32 Å². The van der Waals surface area contributed by atoms with Crippen LogP contribution in [0.1, 0.15) is 31.1 Å². The summed E-state index contributed by atoms with van der Waals surface area (Å²) < 4.78 is 0. The number of nitrogens with one attached hydrogen (secondary N) is 1. The predicted octanol–water partition coefficient (Wildman–Crippen LogP) is 3.92. The molecule has 128 valence electrons. The molecule has 1 N–H and O–H groups in total. The van der Waals surface area contributed by atoms with Crippen LogP contribution in [0.5, 0.6) is 0 Å². The van der Waals surface area contributed by atoms with Crippen molar-refractivity contribution in [1.82, 2.24) is 5.32 Å². The van der Waals surface area contributed by atoms with Crippen LogP contribution in [0.3, 0.4) is 0 Å². The van der Waals surface area contributed by atoms with Gasteiger partial charge in [0.2, 0.25) is 0 Å². The fraction of sp³-hybridized carbons (Fsp3) is 0.250. The number of carbonyl (C=O) groups is 2. The van der Waals surface area contributed by atoms with Crippen LogP contribution in [0.15, 0.2) is 69.2 Å². The summed E-state index contributed by atoms with van der Waals surface area (Å²) in [7, 11) is 0. The number of nitrogens with zero attached hydrogens (tertiary/aromatic N) is 1. The number of benzene rings is 1. The summed E-state index contributed by atoms with van der Waals surface area (Å²) in [5.41, 5.74) is 3.71. The van der Waals surface area contributed by atoms with Crippen LogP contribution in [0.25, 0.3) is 0 Å². The molecule has 0 radical (unpaired) electrons. The lowest BCUT2D eigenvalue weighted by molar-refractivity contribution is -0.117. The predicted molar refractivity (Wildman–Crippen MR) is 102 cm³/mol. The van der Waals surface area contributed by atoms with Gasteiger partial charge in [0.05, 0.1) is 11.3 Å². The Bertz CT molecular complexity index is 862. The lowest BCUT2D eigenvalue weighted by Gasteiger charge is -2.28. The number of hydrogen-bond donors (Lipinski definition) is 1. The van der Waals surface area contributed by atoms with E-state index in [0.29, 0.717) is 11.3 Å². The number of allylic oxidation sites excluding steroid dienone is 3. The van der Waals surface area contributed by atoms with Gasteiger partial charge < -0.3 is 5.32 Å². The minimum Gasteiger partial charge on any atom is -0.325 e. The highest BCUT2D eigenvalue weighted by Crippen LogP contribution is 2.30. The molecule has 1 heterocycles. The summed E-state index contributed by atoms with van der Waals surface area (Å²) in [5, 5.41) is 2.89. The molecule has 0 bridgehead atoms. The van der Waals surface area contributed by atoms with Crippen molar-refractivity contribution in [3.8, 4) is 0 Å². The first-order chi connectivity index (χ1) is 12.0. The van der Waals surface area contributed by atoms with Crippen molar-refractivity contribution in [1.29, 1.82) is 0 Å². The molecule has 1 aliphatic heterocycles. The van der Waals surface area contributed by atoms with Crippen molar-refractivity contribution in [3.05, 3.63) is 64.9 Å². The Morgan fingerprint density at radius 3 is 2.80 bits per heavy atom. The van der Waals surface area contributed by atoms with Crippen molar-refractivity contribution in [2.45, 2.75) is 25.7 Å². The SMILES string of the molecule is CCSc1ccccc1C(=O)N=C1C=CC2C(=C1)NC(=O)C(C)=C2C. The van der Waals surface area contributed by atoms with E-state index in [2.05, 4.69) is 17.2 Å². The maximum atomic E-state index is 12.6. The van der Waals surface area contributed by atoms with E-state index in [9.17, 15) is 9.59 Å². The smallest absolute Gasteiger partial charge is 0.278 e. The number of aliphatic imine (C=N–C) groups is 1. The highest BCUT2D eigenvalue weighted by Gasteiger charge is 2.27. The Hall–Kier alpha value is -2.40. The second-order valence-corrected chi connectivity index (χ2v) is 7.28. The molecule has 1 aliphatic carbocycles. The van der Waals surface area contributed by atoms with Gasteiger partial charge in [0.25, 0.3) is 11.8 Å². The number of carbonyl (C=O) groups excluding carboxylic acids is 2. The van der Waals surface area contributed by atoms with Crippen molar-refractivity contribution >= 4 is 29.3 Å². The van der Waals surface area contributed by atoms with Gasteiger partial charge in [-0.05, 0) is 43.9 Å². The number of amides is 2. The molecule has 0 saturated heterocycles. The normalized spacial score (nSPS) is 21.1. The van der Waals surface area contributed by atoms with E-state index in [4.69, 9.17) is 0 Å². The molecule has 3 rings (SSSR count). The molecule has 0 saturated carbocycles. The lowest BCUT2D eigenvalue weighted by atomic mass is 9.85. The summed E-state index contributed by atoms with van der Waals surface area (Å²) in [4.78, 5) is 29.7. The molecule has 25 heavy (non-hydrogen) atoms. The molecule has 2 amide bonds. The van der Waals surface area contributed by atoms with Gasteiger partial charge in [0.1, 0.15) is 0 Å². The van der Waals surface area contributed by atoms with Gasteiger partial charge in [0, 0.05) is 22.1 Å². The Kier molecular flexibility index (Phi) is 5.04. The Morgan fingerprint density at radius 1 is 1.28 bits per heavy atom. The highest BCUT2D eigenvalue weighted by molar-refractivity contribution is 7.99. The third kappa shape index (κ3) is 3.51. The van der Waals surface area contributed by atoms with Gasteiger partial charge in [-0.15, -0.1) is 11.8 Å². The fourth-order valence-electron chi connectivity index (χ4n) is 2.90. The van der Waals surface area contributed by atoms with Crippen molar-refractivity contribution < 1.29 is 9.59 Å². The van der Waals surface area contributed by atoms with Crippen LogP contribution in [0.4, 0.5) is 0 Å². The van der Waals surface area contributed by atoms with Crippen molar-refractivity contribution in [2.75, 3.05) is 5.75 Å². The summed E-state index contributed by atoms with van der Waals surface area (Å²) in [6, 6.07) is 7.50. The quantitative estimate of drug-likeness (QED) is 0.839. The highest BCUT2D eigenvalue weighted by atomic mass is 32.2. The summed E-state index contributed by atoms with van der Waals surface area (Å²) in [5.74, 6) is 0.584. The molecule has 2 aliphatic rings. The Balaban J connectivity index is 1.90. The Morgan fingerprint density at radius 2 is 2.04 bits per heavy atom. The molecule has 1 aromatic rings. The van der Waals surface area contributed by atoms with Crippen molar-refractivity contribution in [2.24, 2.45) is 10.9 Å². The van der Waals surface area contributed by atoms with Crippen LogP contribution >= 0.6 is 11.8 Å². The summed E-state index contributed by atoms with van der Waals surface area (Å²) >= 11 is 1.62. The molecular formula is C20H20N2O2S. The van der Waals surface area contributed by atoms with Gasteiger partial charge in [0.15, 0.2) is 0 Å². The second-order valence-electron chi connectivity index (χ2n) is 5.97. The number of thioether (sulfide) groups is 1. The first-order valence-electron chi connectivity index (χ1n) is 8.24. The molecule has 4 nitrogen and oxygen atoms in total. The summed E-state index contributed by atoms with van der Waals surface area (Å²) in [6.07, 6.45) is 5.61. The van der Waals surface area contributed by atoms with Crippen LogP contribution in [-0.4, -0.2) is 23.3 Å². The van der Waals surface area contributed by atoms with E-state index in [0.717, 1.165) is 27.5 Å². The van der Waals surface area contributed by atoms with E-state index < -0.39 is 0 Å². The number of fused-ring (bicyclic) bond motifs is 1. The van der Waals surface area contributed by atoms with Gasteiger partial charge in [-0.1, -0.05) is 30.7 Å². The first-order valence-corrected chi connectivity index (χ1v) is 9.23. The average molecular weight is 352 g/mol. The molecule has 0 aromatic heterocycles. The molecular weight excluding hydrogens is 332 g/mol. The first kappa shape index (κ1) is 17.4. The molecule has 0 spiro atoms. The zero-order valence-electron chi connectivity index (χ0n) is 14.5. The van der Waals surface area contributed by atoms with Gasteiger partial charge in [-0.3, -0.25) is 9.59 Å². The molecule has 1 unspecified atom stereocenters. The largest absolute Gasteiger partial charge is 0.325 e. The maximum absolute atomic E-state index is 12.6. The van der Waals surface area contributed by atoms with Crippen LogP contribution in [0, 0.1) is 5.92 Å². The van der Waals surface area contributed by atoms with Gasteiger partial charge >= 0.3 is 0 Å². The zero-order chi connectivity index (χ0) is 18.0. The van der Waals surface area contributed by atoms with Crippen LogP contribution in [0.2, 0.25) is 0 Å². The van der Waals surface area contributed by atoms with Crippen molar-refractivity contribution in [3.63, 3.8) is 0 Å². The minimum atomic E-state index is -0.267. The molecule has 5 heteroatoms.